The molecule has 0 aromatic heterocycles. The summed E-state index contributed by atoms with van der Waals surface area (Å²) in [6, 6.07) is 1.71. The quantitative estimate of drug-likeness (QED) is 0.281. The summed E-state index contributed by atoms with van der Waals surface area (Å²) in [5.41, 5.74) is 0.0463. The van der Waals surface area contributed by atoms with E-state index in [1.165, 1.54) is 14.2 Å². The Morgan fingerprint density at radius 3 is 2.09 bits per heavy atom. The van der Waals surface area contributed by atoms with Gasteiger partial charge in [-0.2, -0.15) is 5.26 Å². The maximum absolute atomic E-state index is 8.41. The second-order valence-corrected chi connectivity index (χ2v) is 1.50. The molecule has 0 atom stereocenters. The van der Waals surface area contributed by atoms with Gasteiger partial charge >= 0.3 is 0 Å². The molecule has 0 aliphatic carbocycles. The normalized spacial score (nSPS) is 10.5. The van der Waals surface area contributed by atoms with Crippen LogP contribution in [-0.4, -0.2) is 55.2 Å². The number of aliphatic hydroxyl groups excluding tert-OH is 1. The number of methoxy groups -OCH3 is 2. The largest absolute Gasteiger partial charge is 0.514 e. The van der Waals surface area contributed by atoms with E-state index >= 15 is 0 Å². The van der Waals surface area contributed by atoms with Crippen molar-refractivity contribution >= 4 is 29.6 Å². The van der Waals surface area contributed by atoms with Crippen molar-refractivity contribution in [1.29, 1.82) is 5.26 Å². The Morgan fingerprint density at radius 1 is 1.55 bits per heavy atom. The molecule has 0 amide bonds. The molecule has 0 aliphatic heterocycles. The number of hydrogen-bond donors (Lipinski definition) is 1. The predicted octanol–water partition coefficient (Wildman–Crippen LogP) is 0.190. The molecule has 1 radical (unpaired) electrons. The van der Waals surface area contributed by atoms with Crippen molar-refractivity contribution in [1.82, 2.24) is 0 Å². The molecular formula is C6H9NNaO3. The number of hydrogen-bond acceptors (Lipinski definition) is 4. The molecule has 0 aromatic rings. The Kier molecular flexibility index (Phi) is 9.90. The third-order valence-electron chi connectivity index (χ3n) is 0.950. The van der Waals surface area contributed by atoms with Crippen molar-refractivity contribution in [2.24, 2.45) is 0 Å². The molecule has 0 heterocycles. The van der Waals surface area contributed by atoms with Crippen LogP contribution in [0, 0.1) is 11.3 Å². The summed E-state index contributed by atoms with van der Waals surface area (Å²) < 4.78 is 9.34. The van der Waals surface area contributed by atoms with E-state index in [0.717, 1.165) is 0 Å². The van der Waals surface area contributed by atoms with E-state index < -0.39 is 6.29 Å². The van der Waals surface area contributed by atoms with Crippen LogP contribution in [0.2, 0.25) is 0 Å². The minimum absolute atomic E-state index is 0. The summed E-state index contributed by atoms with van der Waals surface area (Å²) >= 11 is 0. The average molecular weight is 166 g/mol. The van der Waals surface area contributed by atoms with Gasteiger partial charge in [-0.3, -0.25) is 0 Å². The standard InChI is InChI=1S/C6H9NO3.Na/c1-9-6(10-2)5(3-7)4-8;/h4,6,8H,1-2H3;. The van der Waals surface area contributed by atoms with Gasteiger partial charge in [0.05, 0.1) is 6.26 Å². The van der Waals surface area contributed by atoms with Gasteiger partial charge in [0.25, 0.3) is 0 Å². The van der Waals surface area contributed by atoms with Gasteiger partial charge in [-0.25, -0.2) is 0 Å². The van der Waals surface area contributed by atoms with Crippen molar-refractivity contribution < 1.29 is 14.6 Å². The summed E-state index contributed by atoms with van der Waals surface area (Å²) in [4.78, 5) is 0. The van der Waals surface area contributed by atoms with Gasteiger partial charge in [0, 0.05) is 43.8 Å². The third-order valence-corrected chi connectivity index (χ3v) is 0.950. The first-order chi connectivity index (χ1) is 4.79. The van der Waals surface area contributed by atoms with Crippen LogP contribution in [0.5, 0.6) is 0 Å². The van der Waals surface area contributed by atoms with Crippen molar-refractivity contribution in [2.75, 3.05) is 14.2 Å². The summed E-state index contributed by atoms with van der Waals surface area (Å²) in [5.74, 6) is 0. The van der Waals surface area contributed by atoms with Gasteiger partial charge < -0.3 is 14.6 Å². The molecule has 0 unspecified atom stereocenters. The van der Waals surface area contributed by atoms with Gasteiger partial charge in [-0.1, -0.05) is 0 Å². The summed E-state index contributed by atoms with van der Waals surface area (Å²) in [7, 11) is 2.77. The van der Waals surface area contributed by atoms with Crippen molar-refractivity contribution in [3.05, 3.63) is 11.8 Å². The molecule has 1 N–H and O–H groups in total. The van der Waals surface area contributed by atoms with E-state index in [4.69, 9.17) is 10.4 Å². The van der Waals surface area contributed by atoms with Crippen LogP contribution in [0.25, 0.3) is 0 Å². The summed E-state index contributed by atoms with van der Waals surface area (Å²) in [5, 5.41) is 16.7. The maximum atomic E-state index is 8.41. The number of rotatable bonds is 3. The van der Waals surface area contributed by atoms with Gasteiger partial charge in [-0.15, -0.1) is 0 Å². The molecule has 57 valence electrons. The van der Waals surface area contributed by atoms with Gasteiger partial charge in [0.2, 0.25) is 0 Å². The van der Waals surface area contributed by atoms with E-state index in [9.17, 15) is 0 Å². The second-order valence-electron chi connectivity index (χ2n) is 1.50. The molecular weight excluding hydrogens is 157 g/mol. The molecule has 0 saturated carbocycles. The minimum Gasteiger partial charge on any atom is -0.514 e. The van der Waals surface area contributed by atoms with Crippen LogP contribution in [0.1, 0.15) is 0 Å². The van der Waals surface area contributed by atoms with Crippen LogP contribution >= 0.6 is 0 Å². The van der Waals surface area contributed by atoms with Crippen molar-refractivity contribution in [3.8, 4) is 6.07 Å². The molecule has 0 spiro atoms. The van der Waals surface area contributed by atoms with E-state index in [1.807, 2.05) is 0 Å². The van der Waals surface area contributed by atoms with Gasteiger partial charge in [0.1, 0.15) is 11.6 Å². The Balaban J connectivity index is 0. The smallest absolute Gasteiger partial charge is 0.196 e. The zero-order valence-electron chi connectivity index (χ0n) is 6.87. The maximum Gasteiger partial charge on any atom is 0.196 e. The monoisotopic (exact) mass is 166 g/mol. The van der Waals surface area contributed by atoms with E-state index in [2.05, 4.69) is 9.47 Å². The number of ether oxygens (including phenoxy) is 2. The molecule has 0 aliphatic rings. The van der Waals surface area contributed by atoms with Crippen LogP contribution in [0.4, 0.5) is 0 Å². The van der Waals surface area contributed by atoms with E-state index in [0.29, 0.717) is 6.26 Å². The Morgan fingerprint density at radius 2 is 2.00 bits per heavy atom. The van der Waals surface area contributed by atoms with Gasteiger partial charge in [0.15, 0.2) is 6.29 Å². The molecule has 0 aromatic carbocycles. The Bertz CT molecular complexity index is 160. The number of nitrogens with zero attached hydrogens (tertiary/aromatic N) is 1. The molecule has 11 heavy (non-hydrogen) atoms. The molecule has 0 rings (SSSR count). The SMILES string of the molecule is COC(OC)C(C#N)=CO.[Na]. The number of aliphatic hydroxyl groups is 1. The topological polar surface area (TPSA) is 62.5 Å². The average Bonchev–Trinajstić information content (AvgIpc) is 2.00. The molecule has 0 bridgehead atoms. The van der Waals surface area contributed by atoms with Crippen molar-refractivity contribution in [2.45, 2.75) is 6.29 Å². The van der Waals surface area contributed by atoms with Crippen LogP contribution in [-0.2, 0) is 9.47 Å². The fourth-order valence-corrected chi connectivity index (χ4v) is 0.493. The molecule has 0 saturated heterocycles. The van der Waals surface area contributed by atoms with Crippen LogP contribution < -0.4 is 0 Å². The van der Waals surface area contributed by atoms with E-state index in [-0.39, 0.29) is 35.1 Å². The first-order valence-corrected chi connectivity index (χ1v) is 2.60. The zero-order chi connectivity index (χ0) is 7.98. The Hall–Kier alpha value is -0.0500. The first kappa shape index (κ1) is 13.5. The van der Waals surface area contributed by atoms with E-state index in [1.54, 1.807) is 6.07 Å². The summed E-state index contributed by atoms with van der Waals surface area (Å²) in [6.07, 6.45) is -0.104. The zero-order valence-corrected chi connectivity index (χ0v) is 8.87. The molecule has 4 nitrogen and oxygen atoms in total. The van der Waals surface area contributed by atoms with Gasteiger partial charge in [-0.05, 0) is 0 Å². The van der Waals surface area contributed by atoms with Crippen LogP contribution in [0.15, 0.2) is 11.8 Å². The number of nitriles is 1. The first-order valence-electron chi connectivity index (χ1n) is 2.60. The second kappa shape index (κ2) is 8.05. The fourth-order valence-electron chi connectivity index (χ4n) is 0.493. The van der Waals surface area contributed by atoms with Crippen molar-refractivity contribution in [3.63, 3.8) is 0 Å². The Labute approximate surface area is 87.7 Å². The molecule has 5 heteroatoms. The third kappa shape index (κ3) is 4.40. The van der Waals surface area contributed by atoms with Crippen LogP contribution in [0.3, 0.4) is 0 Å². The predicted molar refractivity (Wildman–Crippen MR) is 39.9 cm³/mol. The summed E-state index contributed by atoms with van der Waals surface area (Å²) in [6.45, 7) is 0. The fraction of sp³-hybridized carbons (Fsp3) is 0.500. The molecule has 0 fully saturated rings. The minimum atomic E-state index is -0.769.